The first-order valence-electron chi connectivity index (χ1n) is 7.00. The number of fused-ring (bicyclic) bond motifs is 1. The third-order valence-electron chi connectivity index (χ3n) is 3.55. The molecule has 102 valence electrons. The van der Waals surface area contributed by atoms with Gasteiger partial charge in [-0.1, -0.05) is 29.9 Å². The lowest BCUT2D eigenvalue weighted by Crippen LogP contribution is -2.37. The Labute approximate surface area is 117 Å². The lowest BCUT2D eigenvalue weighted by molar-refractivity contribution is -0.0426. The van der Waals surface area contributed by atoms with Crippen LogP contribution in [0.5, 0.6) is 5.19 Å². The Morgan fingerprint density at radius 3 is 2.79 bits per heavy atom. The number of para-hydroxylation sites is 1. The van der Waals surface area contributed by atoms with E-state index in [0.29, 0.717) is 0 Å². The minimum absolute atomic E-state index is 0.161. The van der Waals surface area contributed by atoms with E-state index in [2.05, 4.69) is 11.1 Å². The molecule has 2 atom stereocenters. The van der Waals surface area contributed by atoms with Gasteiger partial charge in [-0.3, -0.25) is 0 Å². The van der Waals surface area contributed by atoms with Crippen LogP contribution in [0, 0.1) is 0 Å². The van der Waals surface area contributed by atoms with E-state index in [1.54, 1.807) is 11.3 Å². The molecule has 1 aliphatic rings. The van der Waals surface area contributed by atoms with Crippen LogP contribution in [-0.2, 0) is 4.74 Å². The maximum atomic E-state index is 6.09. The summed E-state index contributed by atoms with van der Waals surface area (Å²) in [7, 11) is 0. The van der Waals surface area contributed by atoms with Gasteiger partial charge in [-0.25, -0.2) is 4.98 Å². The van der Waals surface area contributed by atoms with Crippen molar-refractivity contribution in [1.29, 1.82) is 0 Å². The fourth-order valence-electron chi connectivity index (χ4n) is 2.63. The molecule has 3 nitrogen and oxygen atoms in total. The van der Waals surface area contributed by atoms with Crippen LogP contribution < -0.4 is 4.74 Å². The Morgan fingerprint density at radius 1 is 1.21 bits per heavy atom. The minimum atomic E-state index is 0.161. The molecule has 0 saturated heterocycles. The second kappa shape index (κ2) is 5.88. The fraction of sp³-hybridized carbons (Fsp3) is 0.533. The molecule has 1 saturated carbocycles. The second-order valence-electron chi connectivity index (χ2n) is 4.88. The first kappa shape index (κ1) is 12.9. The van der Waals surface area contributed by atoms with Crippen LogP contribution in [0.2, 0.25) is 0 Å². The topological polar surface area (TPSA) is 31.4 Å². The maximum Gasteiger partial charge on any atom is 0.274 e. The number of benzene rings is 1. The fourth-order valence-corrected chi connectivity index (χ4v) is 3.50. The molecule has 0 bridgehead atoms. The zero-order valence-electron chi connectivity index (χ0n) is 11.2. The molecule has 1 heterocycles. The van der Waals surface area contributed by atoms with Gasteiger partial charge in [-0.15, -0.1) is 0 Å². The van der Waals surface area contributed by atoms with Gasteiger partial charge in [-0.2, -0.15) is 0 Å². The number of hydrogen-bond acceptors (Lipinski definition) is 4. The molecule has 0 spiro atoms. The van der Waals surface area contributed by atoms with Crippen molar-refractivity contribution in [3.8, 4) is 5.19 Å². The molecule has 0 amide bonds. The average Bonchev–Trinajstić information content (AvgIpc) is 2.83. The maximum absolute atomic E-state index is 6.09. The second-order valence-corrected chi connectivity index (χ2v) is 5.88. The molecule has 1 aromatic heterocycles. The highest BCUT2D eigenvalue weighted by Gasteiger charge is 2.28. The Hall–Kier alpha value is -1.13. The molecular weight excluding hydrogens is 258 g/mol. The number of thiazole rings is 1. The van der Waals surface area contributed by atoms with Crippen molar-refractivity contribution < 1.29 is 9.47 Å². The van der Waals surface area contributed by atoms with Crippen molar-refractivity contribution in [2.45, 2.75) is 44.8 Å². The highest BCUT2D eigenvalue weighted by Crippen LogP contribution is 2.31. The third kappa shape index (κ3) is 2.90. The van der Waals surface area contributed by atoms with E-state index in [9.17, 15) is 0 Å². The van der Waals surface area contributed by atoms with Gasteiger partial charge in [0.2, 0.25) is 0 Å². The summed E-state index contributed by atoms with van der Waals surface area (Å²) in [4.78, 5) is 4.54. The summed E-state index contributed by atoms with van der Waals surface area (Å²) in [6.07, 6.45) is 5.02. The molecule has 3 rings (SSSR count). The van der Waals surface area contributed by atoms with E-state index in [0.717, 1.165) is 30.2 Å². The standard InChI is InChI=1S/C15H19NO2S/c1-2-17-12-8-4-5-9-13(12)18-15-16-11-7-3-6-10-14(11)19-15/h3,6-7,10,12-13H,2,4-5,8-9H2,1H3/t12-,13-/m0/s1. The summed E-state index contributed by atoms with van der Waals surface area (Å²) in [5, 5.41) is 0.776. The van der Waals surface area contributed by atoms with E-state index < -0.39 is 0 Å². The molecule has 1 fully saturated rings. The summed E-state index contributed by atoms with van der Waals surface area (Å²) in [5.74, 6) is 0. The predicted octanol–water partition coefficient (Wildman–Crippen LogP) is 4.02. The van der Waals surface area contributed by atoms with E-state index in [4.69, 9.17) is 9.47 Å². The van der Waals surface area contributed by atoms with E-state index in [1.807, 2.05) is 25.1 Å². The first-order valence-corrected chi connectivity index (χ1v) is 7.82. The Kier molecular flexibility index (Phi) is 3.99. The average molecular weight is 277 g/mol. The molecular formula is C15H19NO2S. The number of ether oxygens (including phenoxy) is 2. The van der Waals surface area contributed by atoms with Gasteiger partial charge >= 0.3 is 0 Å². The summed E-state index contributed by atoms with van der Waals surface area (Å²) >= 11 is 1.62. The molecule has 0 aliphatic heterocycles. The van der Waals surface area contributed by atoms with Crippen LogP contribution in [0.25, 0.3) is 10.2 Å². The summed E-state index contributed by atoms with van der Waals surface area (Å²) in [5.41, 5.74) is 1.02. The van der Waals surface area contributed by atoms with Crippen LogP contribution >= 0.6 is 11.3 Å². The highest BCUT2D eigenvalue weighted by atomic mass is 32.1. The SMILES string of the molecule is CCO[C@H]1CCCC[C@@H]1Oc1nc2ccccc2s1. The van der Waals surface area contributed by atoms with Crippen molar-refractivity contribution in [1.82, 2.24) is 4.98 Å². The van der Waals surface area contributed by atoms with Gasteiger partial charge in [0.15, 0.2) is 0 Å². The van der Waals surface area contributed by atoms with Crippen molar-refractivity contribution in [3.05, 3.63) is 24.3 Å². The van der Waals surface area contributed by atoms with Crippen LogP contribution in [-0.4, -0.2) is 23.8 Å². The van der Waals surface area contributed by atoms with Crippen LogP contribution in [0.15, 0.2) is 24.3 Å². The normalized spacial score (nSPS) is 23.6. The van der Waals surface area contributed by atoms with Gasteiger partial charge in [0.1, 0.15) is 6.10 Å². The largest absolute Gasteiger partial charge is 0.464 e. The van der Waals surface area contributed by atoms with Crippen LogP contribution in [0.3, 0.4) is 0 Å². The quantitative estimate of drug-likeness (QED) is 0.845. The molecule has 0 radical (unpaired) electrons. The Bertz CT molecular complexity index is 505. The zero-order valence-corrected chi connectivity index (χ0v) is 12.0. The van der Waals surface area contributed by atoms with Gasteiger partial charge in [0.25, 0.3) is 5.19 Å². The number of hydrogen-bond donors (Lipinski definition) is 0. The highest BCUT2D eigenvalue weighted by molar-refractivity contribution is 7.20. The number of nitrogens with zero attached hydrogens (tertiary/aromatic N) is 1. The molecule has 0 unspecified atom stereocenters. The Balaban J connectivity index is 1.75. The summed E-state index contributed by atoms with van der Waals surface area (Å²) in [6, 6.07) is 8.16. The predicted molar refractivity (Wildman–Crippen MR) is 77.9 cm³/mol. The van der Waals surface area contributed by atoms with Gasteiger partial charge in [0.05, 0.1) is 16.3 Å². The van der Waals surface area contributed by atoms with Crippen molar-refractivity contribution in [2.75, 3.05) is 6.61 Å². The lowest BCUT2D eigenvalue weighted by Gasteiger charge is -2.30. The number of rotatable bonds is 4. The van der Waals surface area contributed by atoms with Crippen LogP contribution in [0.1, 0.15) is 32.6 Å². The van der Waals surface area contributed by atoms with E-state index in [1.165, 1.54) is 17.5 Å². The summed E-state index contributed by atoms with van der Waals surface area (Å²) < 4.78 is 13.1. The zero-order chi connectivity index (χ0) is 13.1. The van der Waals surface area contributed by atoms with Crippen LogP contribution in [0.4, 0.5) is 0 Å². The molecule has 1 aromatic carbocycles. The first-order chi connectivity index (χ1) is 9.36. The van der Waals surface area contributed by atoms with Crippen molar-refractivity contribution >= 4 is 21.6 Å². The lowest BCUT2D eigenvalue weighted by atomic mass is 9.94. The van der Waals surface area contributed by atoms with Gasteiger partial charge in [0, 0.05) is 6.61 Å². The molecule has 19 heavy (non-hydrogen) atoms. The summed E-state index contributed by atoms with van der Waals surface area (Å²) in [6.45, 7) is 2.80. The molecule has 1 aliphatic carbocycles. The minimum Gasteiger partial charge on any atom is -0.464 e. The third-order valence-corrected chi connectivity index (χ3v) is 4.48. The molecule has 4 heteroatoms. The monoisotopic (exact) mass is 277 g/mol. The van der Waals surface area contributed by atoms with Crippen molar-refractivity contribution in [3.63, 3.8) is 0 Å². The van der Waals surface area contributed by atoms with E-state index >= 15 is 0 Å². The molecule has 0 N–H and O–H groups in total. The van der Waals surface area contributed by atoms with Gasteiger partial charge < -0.3 is 9.47 Å². The smallest absolute Gasteiger partial charge is 0.274 e. The Morgan fingerprint density at radius 2 is 2.00 bits per heavy atom. The number of aromatic nitrogens is 1. The van der Waals surface area contributed by atoms with E-state index in [-0.39, 0.29) is 12.2 Å². The van der Waals surface area contributed by atoms with Gasteiger partial charge in [-0.05, 0) is 38.3 Å². The van der Waals surface area contributed by atoms with Crippen molar-refractivity contribution in [2.24, 2.45) is 0 Å². The molecule has 2 aromatic rings.